The van der Waals surface area contributed by atoms with E-state index in [9.17, 15) is 4.79 Å². The molecule has 0 aliphatic carbocycles. The van der Waals surface area contributed by atoms with Gasteiger partial charge in [0.05, 0.1) is 14.2 Å². The first-order chi connectivity index (χ1) is 10.0. The molecular weight excluding hydrogens is 268 g/mol. The van der Waals surface area contributed by atoms with Crippen LogP contribution in [0.4, 0.5) is 0 Å². The van der Waals surface area contributed by atoms with Crippen molar-refractivity contribution in [1.29, 1.82) is 0 Å². The number of carbonyl (C=O) groups is 1. The van der Waals surface area contributed by atoms with Crippen LogP contribution in [0.3, 0.4) is 0 Å². The number of benzene rings is 1. The quantitative estimate of drug-likeness (QED) is 0.797. The number of carbonyl (C=O) groups excluding carboxylic acids is 1. The highest BCUT2D eigenvalue weighted by atomic mass is 16.5. The summed E-state index contributed by atoms with van der Waals surface area (Å²) >= 11 is 0. The number of nitrogens with two attached hydrogens (primary N) is 1. The Labute approximate surface area is 127 Å². The summed E-state index contributed by atoms with van der Waals surface area (Å²) in [5.74, 6) is 1.83. The van der Waals surface area contributed by atoms with Gasteiger partial charge < -0.3 is 20.1 Å². The minimum Gasteiger partial charge on any atom is -0.493 e. The highest BCUT2D eigenvalue weighted by Crippen LogP contribution is 2.31. The van der Waals surface area contributed by atoms with Gasteiger partial charge in [-0.25, -0.2) is 0 Å². The van der Waals surface area contributed by atoms with Crippen LogP contribution in [0.15, 0.2) is 18.2 Å². The maximum atomic E-state index is 12.1. The first-order valence-electron chi connectivity index (χ1n) is 7.17. The molecule has 5 heteroatoms. The molecule has 0 heterocycles. The zero-order valence-corrected chi connectivity index (χ0v) is 13.4. The fourth-order valence-corrected chi connectivity index (χ4v) is 2.10. The first kappa shape index (κ1) is 17.3. The van der Waals surface area contributed by atoms with Gasteiger partial charge in [-0.1, -0.05) is 19.1 Å². The minimum absolute atomic E-state index is 0.111. The van der Waals surface area contributed by atoms with E-state index in [1.807, 2.05) is 18.2 Å². The third-order valence-electron chi connectivity index (χ3n) is 3.57. The molecule has 1 atom stereocenters. The molecular formula is C16H26N2O3. The van der Waals surface area contributed by atoms with Gasteiger partial charge in [0.1, 0.15) is 0 Å². The monoisotopic (exact) mass is 294 g/mol. The average molecular weight is 294 g/mol. The maximum absolute atomic E-state index is 12.1. The number of ether oxygens (including phenoxy) is 2. The third kappa shape index (κ3) is 4.93. The lowest BCUT2D eigenvalue weighted by Gasteiger charge is -2.20. The standard InChI is InChI=1S/C16H26N2O3/c1-12(10-17)8-9-15(19)18(2)11-13-6-5-7-14(20-3)16(13)21-4/h5-7,12H,8-11,17H2,1-4H3. The van der Waals surface area contributed by atoms with Crippen molar-refractivity contribution in [3.63, 3.8) is 0 Å². The topological polar surface area (TPSA) is 64.8 Å². The fourth-order valence-electron chi connectivity index (χ4n) is 2.10. The molecule has 1 aromatic rings. The molecule has 5 nitrogen and oxygen atoms in total. The molecule has 0 aliphatic heterocycles. The van der Waals surface area contributed by atoms with Gasteiger partial charge in [-0.05, 0) is 24.9 Å². The highest BCUT2D eigenvalue weighted by Gasteiger charge is 2.15. The van der Waals surface area contributed by atoms with Crippen LogP contribution in [0.2, 0.25) is 0 Å². The van der Waals surface area contributed by atoms with Crippen molar-refractivity contribution in [2.75, 3.05) is 27.8 Å². The summed E-state index contributed by atoms with van der Waals surface area (Å²) < 4.78 is 10.7. The minimum atomic E-state index is 0.111. The molecule has 0 fully saturated rings. The van der Waals surface area contributed by atoms with E-state index in [2.05, 4.69) is 6.92 Å². The fraction of sp³-hybridized carbons (Fsp3) is 0.562. The summed E-state index contributed by atoms with van der Waals surface area (Å²) in [6.07, 6.45) is 1.33. The zero-order chi connectivity index (χ0) is 15.8. The van der Waals surface area contributed by atoms with E-state index < -0.39 is 0 Å². The van der Waals surface area contributed by atoms with Gasteiger partial charge >= 0.3 is 0 Å². The van der Waals surface area contributed by atoms with Crippen LogP contribution in [0.5, 0.6) is 11.5 Å². The molecule has 0 saturated carbocycles. The number of nitrogens with zero attached hydrogens (tertiary/aromatic N) is 1. The Morgan fingerprint density at radius 3 is 2.62 bits per heavy atom. The summed E-state index contributed by atoms with van der Waals surface area (Å²) in [6, 6.07) is 5.67. The van der Waals surface area contributed by atoms with E-state index in [1.54, 1.807) is 26.2 Å². The molecule has 1 aromatic carbocycles. The Kier molecular flexibility index (Phi) is 7.02. The van der Waals surface area contributed by atoms with Gasteiger partial charge in [-0.15, -0.1) is 0 Å². The Hall–Kier alpha value is -1.75. The summed E-state index contributed by atoms with van der Waals surface area (Å²) in [6.45, 7) is 3.16. The van der Waals surface area contributed by atoms with Crippen LogP contribution < -0.4 is 15.2 Å². The lowest BCUT2D eigenvalue weighted by atomic mass is 10.1. The SMILES string of the molecule is COc1cccc(CN(C)C(=O)CCC(C)CN)c1OC. The normalized spacial score (nSPS) is 11.9. The molecule has 118 valence electrons. The number of hydrogen-bond acceptors (Lipinski definition) is 4. The van der Waals surface area contributed by atoms with E-state index >= 15 is 0 Å². The second-order valence-corrected chi connectivity index (χ2v) is 5.28. The molecule has 0 saturated heterocycles. The van der Waals surface area contributed by atoms with E-state index in [0.29, 0.717) is 36.9 Å². The zero-order valence-electron chi connectivity index (χ0n) is 13.4. The number of para-hydroxylation sites is 1. The van der Waals surface area contributed by atoms with Crippen LogP contribution >= 0.6 is 0 Å². The Morgan fingerprint density at radius 2 is 2.05 bits per heavy atom. The molecule has 0 spiro atoms. The smallest absolute Gasteiger partial charge is 0.222 e. The molecule has 2 N–H and O–H groups in total. The molecule has 0 radical (unpaired) electrons. The summed E-state index contributed by atoms with van der Waals surface area (Å²) in [7, 11) is 5.01. The van der Waals surface area contributed by atoms with Crippen LogP contribution in [-0.2, 0) is 11.3 Å². The van der Waals surface area contributed by atoms with Gasteiger partial charge in [0.15, 0.2) is 11.5 Å². The van der Waals surface area contributed by atoms with Crippen LogP contribution in [0.1, 0.15) is 25.3 Å². The van der Waals surface area contributed by atoms with Crippen LogP contribution in [-0.4, -0.2) is 38.6 Å². The van der Waals surface area contributed by atoms with Crippen LogP contribution in [0.25, 0.3) is 0 Å². The average Bonchev–Trinajstić information content (AvgIpc) is 2.51. The largest absolute Gasteiger partial charge is 0.493 e. The van der Waals surface area contributed by atoms with Crippen molar-refractivity contribution >= 4 is 5.91 Å². The number of methoxy groups -OCH3 is 2. The van der Waals surface area contributed by atoms with Crippen molar-refractivity contribution < 1.29 is 14.3 Å². The third-order valence-corrected chi connectivity index (χ3v) is 3.57. The van der Waals surface area contributed by atoms with Gasteiger partial charge in [0, 0.05) is 25.6 Å². The molecule has 0 aliphatic rings. The van der Waals surface area contributed by atoms with Crippen LogP contribution in [0, 0.1) is 5.92 Å². The van der Waals surface area contributed by atoms with Gasteiger partial charge in [0.25, 0.3) is 0 Å². The predicted molar refractivity (Wildman–Crippen MR) is 83.5 cm³/mol. The summed E-state index contributed by atoms with van der Waals surface area (Å²) in [5, 5.41) is 0. The van der Waals surface area contributed by atoms with E-state index in [1.165, 1.54) is 0 Å². The maximum Gasteiger partial charge on any atom is 0.222 e. The molecule has 0 aromatic heterocycles. The van der Waals surface area contributed by atoms with Gasteiger partial charge in [0.2, 0.25) is 5.91 Å². The van der Waals surface area contributed by atoms with Crippen molar-refractivity contribution in [2.45, 2.75) is 26.3 Å². The van der Waals surface area contributed by atoms with E-state index in [-0.39, 0.29) is 5.91 Å². The molecule has 0 bridgehead atoms. The van der Waals surface area contributed by atoms with E-state index in [0.717, 1.165) is 12.0 Å². The summed E-state index contributed by atoms with van der Waals surface area (Å²) in [4.78, 5) is 13.8. The predicted octanol–water partition coefficient (Wildman–Crippen LogP) is 2.04. The Bertz CT molecular complexity index is 463. The Balaban J connectivity index is 2.70. The van der Waals surface area contributed by atoms with Crippen molar-refractivity contribution in [1.82, 2.24) is 4.90 Å². The molecule has 21 heavy (non-hydrogen) atoms. The molecule has 1 amide bonds. The van der Waals surface area contributed by atoms with E-state index in [4.69, 9.17) is 15.2 Å². The highest BCUT2D eigenvalue weighted by molar-refractivity contribution is 5.76. The second kappa shape index (κ2) is 8.52. The van der Waals surface area contributed by atoms with Crippen molar-refractivity contribution in [3.8, 4) is 11.5 Å². The lowest BCUT2D eigenvalue weighted by Crippen LogP contribution is -2.27. The lowest BCUT2D eigenvalue weighted by molar-refractivity contribution is -0.130. The Morgan fingerprint density at radius 1 is 1.33 bits per heavy atom. The summed E-state index contributed by atoms with van der Waals surface area (Å²) in [5.41, 5.74) is 6.50. The van der Waals surface area contributed by atoms with Gasteiger partial charge in [-0.2, -0.15) is 0 Å². The number of rotatable bonds is 8. The van der Waals surface area contributed by atoms with Crippen molar-refractivity contribution in [3.05, 3.63) is 23.8 Å². The second-order valence-electron chi connectivity index (χ2n) is 5.28. The van der Waals surface area contributed by atoms with Gasteiger partial charge in [-0.3, -0.25) is 4.79 Å². The molecule has 1 rings (SSSR count). The molecule has 1 unspecified atom stereocenters. The number of amides is 1. The first-order valence-corrected chi connectivity index (χ1v) is 7.17. The van der Waals surface area contributed by atoms with Crippen molar-refractivity contribution in [2.24, 2.45) is 11.7 Å². The number of hydrogen-bond donors (Lipinski definition) is 1.